The van der Waals surface area contributed by atoms with Crippen LogP contribution in [0.3, 0.4) is 0 Å². The van der Waals surface area contributed by atoms with Crippen LogP contribution in [0.2, 0.25) is 0 Å². The number of halogens is 1. The molecule has 0 atom stereocenters. The molecule has 1 aromatic carbocycles. The number of anilines is 1. The van der Waals surface area contributed by atoms with Crippen LogP contribution >= 0.6 is 27.3 Å². The zero-order valence-corrected chi connectivity index (χ0v) is 13.0. The molecular weight excluding hydrogens is 328 g/mol. The quantitative estimate of drug-likeness (QED) is 0.863. The largest absolute Gasteiger partial charge is 0.464 e. The van der Waals surface area contributed by atoms with Gasteiger partial charge in [-0.3, -0.25) is 0 Å². The van der Waals surface area contributed by atoms with Crippen molar-refractivity contribution < 1.29 is 9.53 Å². The van der Waals surface area contributed by atoms with Crippen molar-refractivity contribution in [2.45, 2.75) is 13.5 Å². The van der Waals surface area contributed by atoms with E-state index in [4.69, 9.17) is 0 Å². The van der Waals surface area contributed by atoms with Crippen LogP contribution in [0.1, 0.15) is 20.9 Å². The Balaban J connectivity index is 2.09. The first-order valence-corrected chi connectivity index (χ1v) is 7.25. The van der Waals surface area contributed by atoms with E-state index in [1.807, 2.05) is 31.2 Å². The minimum Gasteiger partial charge on any atom is -0.464 e. The molecule has 6 heteroatoms. The van der Waals surface area contributed by atoms with Crippen molar-refractivity contribution in [2.75, 3.05) is 12.4 Å². The summed E-state index contributed by atoms with van der Waals surface area (Å²) < 4.78 is 5.73. The number of carbonyl (C=O) groups is 1. The van der Waals surface area contributed by atoms with Crippen molar-refractivity contribution in [1.29, 1.82) is 0 Å². The first kappa shape index (κ1) is 14.0. The van der Waals surface area contributed by atoms with E-state index < -0.39 is 5.97 Å². The third kappa shape index (κ3) is 3.33. The molecule has 0 radical (unpaired) electrons. The van der Waals surface area contributed by atoms with E-state index >= 15 is 0 Å². The molecule has 0 aliphatic carbocycles. The Kier molecular flexibility index (Phi) is 4.55. The maximum atomic E-state index is 11.5. The summed E-state index contributed by atoms with van der Waals surface area (Å²) in [6.07, 6.45) is 0. The Morgan fingerprint density at radius 2 is 2.21 bits per heavy atom. The second-order valence-corrected chi connectivity index (χ2v) is 5.92. The minimum absolute atomic E-state index is 0.377. The summed E-state index contributed by atoms with van der Waals surface area (Å²) in [4.78, 5) is 16.6. The fourth-order valence-corrected chi connectivity index (χ4v) is 2.79. The van der Waals surface area contributed by atoms with Crippen LogP contribution in [-0.4, -0.2) is 18.1 Å². The first-order valence-electron chi connectivity index (χ1n) is 5.65. The molecule has 0 bridgehead atoms. The molecular formula is C13H13BrN2O2S. The Morgan fingerprint density at radius 3 is 2.89 bits per heavy atom. The van der Waals surface area contributed by atoms with Gasteiger partial charge in [0.25, 0.3) is 0 Å². The molecule has 0 saturated carbocycles. The number of nitrogens with one attached hydrogen (secondary N) is 1. The number of esters is 1. The highest BCUT2D eigenvalue weighted by molar-refractivity contribution is 9.10. The second-order valence-electron chi connectivity index (χ2n) is 3.86. The fraction of sp³-hybridized carbons (Fsp3) is 0.231. The summed E-state index contributed by atoms with van der Waals surface area (Å²) in [5.41, 5.74) is 1.51. The van der Waals surface area contributed by atoms with Gasteiger partial charge >= 0.3 is 5.97 Å². The fourth-order valence-electron chi connectivity index (χ4n) is 1.57. The summed E-state index contributed by atoms with van der Waals surface area (Å²) in [7, 11) is 1.36. The maximum Gasteiger partial charge on any atom is 0.357 e. The molecule has 0 amide bonds. The van der Waals surface area contributed by atoms with Crippen LogP contribution in [0.25, 0.3) is 0 Å². The summed E-state index contributed by atoms with van der Waals surface area (Å²) >= 11 is 4.94. The third-order valence-electron chi connectivity index (χ3n) is 2.56. The summed E-state index contributed by atoms with van der Waals surface area (Å²) in [6.45, 7) is 2.50. The lowest BCUT2D eigenvalue weighted by Crippen LogP contribution is -2.04. The number of nitrogens with zero attached hydrogens (tertiary/aromatic N) is 1. The molecule has 100 valence electrons. The molecule has 0 aliphatic rings. The monoisotopic (exact) mass is 340 g/mol. The SMILES string of the molecule is COC(=O)c1nc(NCc2ccccc2Br)sc1C. The number of aryl methyl sites for hydroxylation is 1. The van der Waals surface area contributed by atoms with E-state index in [0.717, 1.165) is 14.9 Å². The number of hydrogen-bond acceptors (Lipinski definition) is 5. The van der Waals surface area contributed by atoms with Crippen LogP contribution in [0.15, 0.2) is 28.7 Å². The van der Waals surface area contributed by atoms with Gasteiger partial charge in [-0.15, -0.1) is 11.3 Å². The summed E-state index contributed by atoms with van der Waals surface area (Å²) in [6, 6.07) is 7.97. The normalized spacial score (nSPS) is 10.3. The van der Waals surface area contributed by atoms with Gasteiger partial charge in [-0.05, 0) is 18.6 Å². The summed E-state index contributed by atoms with van der Waals surface area (Å²) in [5.74, 6) is -0.400. The molecule has 1 heterocycles. The van der Waals surface area contributed by atoms with Crippen molar-refractivity contribution in [3.63, 3.8) is 0 Å². The van der Waals surface area contributed by atoms with E-state index in [0.29, 0.717) is 17.4 Å². The van der Waals surface area contributed by atoms with E-state index in [-0.39, 0.29) is 0 Å². The molecule has 2 rings (SSSR count). The summed E-state index contributed by atoms with van der Waals surface area (Å²) in [5, 5.41) is 3.93. The molecule has 0 unspecified atom stereocenters. The number of aromatic nitrogens is 1. The molecule has 0 spiro atoms. The predicted molar refractivity (Wildman–Crippen MR) is 79.7 cm³/mol. The lowest BCUT2D eigenvalue weighted by molar-refractivity contribution is 0.0594. The van der Waals surface area contributed by atoms with Gasteiger partial charge in [-0.2, -0.15) is 0 Å². The molecule has 0 saturated heterocycles. The van der Waals surface area contributed by atoms with Crippen molar-refractivity contribution in [1.82, 2.24) is 4.98 Å². The number of methoxy groups -OCH3 is 1. The average molecular weight is 341 g/mol. The molecule has 4 nitrogen and oxygen atoms in total. The van der Waals surface area contributed by atoms with E-state index in [1.54, 1.807) is 0 Å². The first-order chi connectivity index (χ1) is 9.11. The van der Waals surface area contributed by atoms with Gasteiger partial charge < -0.3 is 10.1 Å². The number of benzene rings is 1. The average Bonchev–Trinajstić information content (AvgIpc) is 2.78. The van der Waals surface area contributed by atoms with Crippen LogP contribution in [0, 0.1) is 6.92 Å². The van der Waals surface area contributed by atoms with Crippen molar-refractivity contribution in [3.05, 3.63) is 44.9 Å². The Labute approximate surface area is 124 Å². The van der Waals surface area contributed by atoms with Gasteiger partial charge in [0.1, 0.15) is 0 Å². The Morgan fingerprint density at radius 1 is 1.47 bits per heavy atom. The standard InChI is InChI=1S/C13H13BrN2O2S/c1-8-11(12(17)18-2)16-13(19-8)15-7-9-5-3-4-6-10(9)14/h3-6H,7H2,1-2H3,(H,15,16). The lowest BCUT2D eigenvalue weighted by atomic mass is 10.2. The van der Waals surface area contributed by atoms with E-state index in [9.17, 15) is 4.79 Å². The minimum atomic E-state index is -0.400. The highest BCUT2D eigenvalue weighted by atomic mass is 79.9. The maximum absolute atomic E-state index is 11.5. The van der Waals surface area contributed by atoms with E-state index in [2.05, 4.69) is 31.0 Å². The third-order valence-corrected chi connectivity index (χ3v) is 4.27. The van der Waals surface area contributed by atoms with Crippen molar-refractivity contribution >= 4 is 38.4 Å². The van der Waals surface area contributed by atoms with Crippen LogP contribution in [-0.2, 0) is 11.3 Å². The highest BCUT2D eigenvalue weighted by Crippen LogP contribution is 2.24. The van der Waals surface area contributed by atoms with Gasteiger partial charge in [-0.1, -0.05) is 34.1 Å². The van der Waals surface area contributed by atoms with Gasteiger partial charge in [0.05, 0.1) is 7.11 Å². The second kappa shape index (κ2) is 6.16. The Hall–Kier alpha value is -1.40. The molecule has 0 aliphatic heterocycles. The topological polar surface area (TPSA) is 51.2 Å². The molecule has 2 aromatic rings. The lowest BCUT2D eigenvalue weighted by Gasteiger charge is -2.04. The predicted octanol–water partition coefficient (Wildman–Crippen LogP) is 3.61. The van der Waals surface area contributed by atoms with Crippen molar-refractivity contribution in [3.8, 4) is 0 Å². The smallest absolute Gasteiger partial charge is 0.357 e. The molecule has 0 fully saturated rings. The molecule has 1 aromatic heterocycles. The highest BCUT2D eigenvalue weighted by Gasteiger charge is 2.15. The zero-order chi connectivity index (χ0) is 13.8. The zero-order valence-electron chi connectivity index (χ0n) is 10.6. The van der Waals surface area contributed by atoms with Gasteiger partial charge in [0, 0.05) is 15.9 Å². The van der Waals surface area contributed by atoms with Gasteiger partial charge in [0.2, 0.25) is 0 Å². The number of hydrogen-bond donors (Lipinski definition) is 1. The molecule has 1 N–H and O–H groups in total. The number of rotatable bonds is 4. The Bertz CT molecular complexity index is 598. The van der Waals surface area contributed by atoms with Gasteiger partial charge in [0.15, 0.2) is 10.8 Å². The van der Waals surface area contributed by atoms with Gasteiger partial charge in [-0.25, -0.2) is 9.78 Å². The van der Waals surface area contributed by atoms with Crippen LogP contribution in [0.5, 0.6) is 0 Å². The number of ether oxygens (including phenoxy) is 1. The van der Waals surface area contributed by atoms with E-state index in [1.165, 1.54) is 18.4 Å². The number of thiazole rings is 1. The van der Waals surface area contributed by atoms with Crippen LogP contribution in [0.4, 0.5) is 5.13 Å². The van der Waals surface area contributed by atoms with Crippen LogP contribution < -0.4 is 5.32 Å². The molecule has 19 heavy (non-hydrogen) atoms. The number of carbonyl (C=O) groups excluding carboxylic acids is 1. The van der Waals surface area contributed by atoms with Crippen molar-refractivity contribution in [2.24, 2.45) is 0 Å².